The summed E-state index contributed by atoms with van der Waals surface area (Å²) in [6.07, 6.45) is 0.320. The van der Waals surface area contributed by atoms with E-state index in [4.69, 9.17) is 0 Å². The molecule has 2 N–H and O–H groups in total. The summed E-state index contributed by atoms with van der Waals surface area (Å²) < 4.78 is 0. The number of carbonyl (C=O) groups excluding carboxylic acids is 2. The summed E-state index contributed by atoms with van der Waals surface area (Å²) in [5.74, 6) is 0.184. The number of β-amino-alcohol motifs (C(OH)–C–C–N with tert-alkyl or cyclic N) is 1. The van der Waals surface area contributed by atoms with E-state index >= 15 is 0 Å². The molecule has 1 heterocycles. The maximum atomic E-state index is 12.1. The third kappa shape index (κ3) is 3.36. The molecule has 0 bridgehead atoms. The minimum Gasteiger partial charge on any atom is -0.391 e. The van der Waals surface area contributed by atoms with Crippen molar-refractivity contribution in [3.8, 4) is 0 Å². The van der Waals surface area contributed by atoms with Gasteiger partial charge in [-0.05, 0) is 31.4 Å². The van der Waals surface area contributed by atoms with Crippen LogP contribution in [0.4, 0.5) is 10.5 Å². The Balaban J connectivity index is 2.01. The zero-order valence-corrected chi connectivity index (χ0v) is 11.8. The van der Waals surface area contributed by atoms with Crippen molar-refractivity contribution in [2.75, 3.05) is 18.4 Å². The molecule has 20 heavy (non-hydrogen) atoms. The fraction of sp³-hybridized carbons (Fsp3) is 0.467. The van der Waals surface area contributed by atoms with Crippen molar-refractivity contribution >= 4 is 17.5 Å². The Hall–Kier alpha value is -1.88. The molecule has 0 aliphatic carbocycles. The van der Waals surface area contributed by atoms with E-state index in [2.05, 4.69) is 5.32 Å². The molecule has 1 aromatic carbocycles. The van der Waals surface area contributed by atoms with E-state index in [1.807, 2.05) is 6.92 Å². The predicted octanol–water partition coefficient (Wildman–Crippen LogP) is 2.12. The number of hydrogen-bond acceptors (Lipinski definition) is 3. The number of likely N-dealkylation sites (tertiary alicyclic amines) is 1. The highest BCUT2D eigenvalue weighted by Gasteiger charge is 2.27. The number of aliphatic hydroxyl groups is 1. The van der Waals surface area contributed by atoms with Crippen LogP contribution in [0.15, 0.2) is 24.3 Å². The average molecular weight is 276 g/mol. The first kappa shape index (κ1) is 14.5. The summed E-state index contributed by atoms with van der Waals surface area (Å²) in [5, 5.41) is 12.6. The van der Waals surface area contributed by atoms with Gasteiger partial charge in [0, 0.05) is 24.3 Å². The molecule has 1 fully saturated rings. The van der Waals surface area contributed by atoms with Gasteiger partial charge >= 0.3 is 6.03 Å². The zero-order valence-electron chi connectivity index (χ0n) is 11.8. The van der Waals surface area contributed by atoms with Crippen LogP contribution in [-0.2, 0) is 0 Å². The number of aliphatic hydroxyl groups excluding tert-OH is 1. The van der Waals surface area contributed by atoms with Crippen molar-refractivity contribution in [1.82, 2.24) is 4.90 Å². The second-order valence-electron chi connectivity index (χ2n) is 5.35. The number of amides is 2. The van der Waals surface area contributed by atoms with Crippen molar-refractivity contribution in [2.24, 2.45) is 5.92 Å². The monoisotopic (exact) mass is 276 g/mol. The van der Waals surface area contributed by atoms with Gasteiger partial charge in [0.1, 0.15) is 0 Å². The second kappa shape index (κ2) is 6.05. The second-order valence-corrected chi connectivity index (χ2v) is 5.35. The Morgan fingerprint density at radius 2 is 2.15 bits per heavy atom. The highest BCUT2D eigenvalue weighted by atomic mass is 16.3. The van der Waals surface area contributed by atoms with Crippen molar-refractivity contribution in [1.29, 1.82) is 0 Å². The smallest absolute Gasteiger partial charge is 0.321 e. The van der Waals surface area contributed by atoms with Crippen LogP contribution < -0.4 is 5.32 Å². The van der Waals surface area contributed by atoms with Gasteiger partial charge in [-0.15, -0.1) is 0 Å². The van der Waals surface area contributed by atoms with Gasteiger partial charge in [0.2, 0.25) is 0 Å². The van der Waals surface area contributed by atoms with Crippen LogP contribution in [0.1, 0.15) is 30.6 Å². The minimum absolute atomic E-state index is 0.0386. The molecule has 1 saturated heterocycles. The third-order valence-corrected chi connectivity index (χ3v) is 3.73. The first-order chi connectivity index (χ1) is 9.47. The predicted molar refractivity (Wildman–Crippen MR) is 76.8 cm³/mol. The van der Waals surface area contributed by atoms with Gasteiger partial charge in [-0.1, -0.05) is 19.1 Å². The van der Waals surface area contributed by atoms with Gasteiger partial charge in [0.25, 0.3) is 0 Å². The molecule has 0 aromatic heterocycles. The lowest BCUT2D eigenvalue weighted by molar-refractivity contribution is 0.0464. The molecule has 1 aliphatic heterocycles. The molecule has 0 radical (unpaired) electrons. The maximum absolute atomic E-state index is 12.1. The van der Waals surface area contributed by atoms with E-state index < -0.39 is 6.10 Å². The Labute approximate surface area is 118 Å². The molecular formula is C15H20N2O3. The van der Waals surface area contributed by atoms with E-state index in [0.717, 1.165) is 6.42 Å². The van der Waals surface area contributed by atoms with E-state index in [-0.39, 0.29) is 17.7 Å². The van der Waals surface area contributed by atoms with E-state index in [0.29, 0.717) is 24.3 Å². The first-order valence-corrected chi connectivity index (χ1v) is 6.82. The SMILES string of the molecule is CC(=O)c1cccc(NC(=O)N2CCC(C)C(O)C2)c1. The third-order valence-electron chi connectivity index (χ3n) is 3.73. The van der Waals surface area contributed by atoms with Crippen LogP contribution in [-0.4, -0.2) is 41.0 Å². The van der Waals surface area contributed by atoms with Crippen LogP contribution >= 0.6 is 0 Å². The summed E-state index contributed by atoms with van der Waals surface area (Å²) in [6.45, 7) is 4.45. The van der Waals surface area contributed by atoms with Crippen molar-refractivity contribution in [3.05, 3.63) is 29.8 Å². The fourth-order valence-corrected chi connectivity index (χ4v) is 2.25. The lowest BCUT2D eigenvalue weighted by Crippen LogP contribution is -2.47. The first-order valence-electron chi connectivity index (χ1n) is 6.82. The van der Waals surface area contributed by atoms with Gasteiger partial charge in [-0.3, -0.25) is 4.79 Å². The molecule has 1 aromatic rings. The lowest BCUT2D eigenvalue weighted by atomic mass is 9.96. The number of carbonyl (C=O) groups is 2. The summed E-state index contributed by atoms with van der Waals surface area (Å²) >= 11 is 0. The number of hydrogen-bond donors (Lipinski definition) is 2. The molecule has 0 saturated carbocycles. The van der Waals surface area contributed by atoms with Gasteiger partial charge in [0.05, 0.1) is 6.10 Å². The van der Waals surface area contributed by atoms with Gasteiger partial charge in [-0.25, -0.2) is 4.79 Å². The molecule has 2 amide bonds. The van der Waals surface area contributed by atoms with Crippen LogP contribution in [0, 0.1) is 5.92 Å². The summed E-state index contributed by atoms with van der Waals surface area (Å²) in [5.41, 5.74) is 1.16. The van der Waals surface area contributed by atoms with Crippen LogP contribution in [0.5, 0.6) is 0 Å². The van der Waals surface area contributed by atoms with Gasteiger partial charge in [0.15, 0.2) is 5.78 Å². The number of rotatable bonds is 2. The van der Waals surface area contributed by atoms with Crippen LogP contribution in [0.3, 0.4) is 0 Å². The summed E-state index contributed by atoms with van der Waals surface area (Å²) in [6, 6.07) is 6.61. The quantitative estimate of drug-likeness (QED) is 0.813. The Bertz CT molecular complexity index is 516. The molecule has 0 spiro atoms. The van der Waals surface area contributed by atoms with Crippen LogP contribution in [0.25, 0.3) is 0 Å². The highest BCUT2D eigenvalue weighted by Crippen LogP contribution is 2.18. The fourth-order valence-electron chi connectivity index (χ4n) is 2.25. The van der Waals surface area contributed by atoms with Crippen molar-refractivity contribution in [2.45, 2.75) is 26.4 Å². The molecule has 108 valence electrons. The number of urea groups is 1. The van der Waals surface area contributed by atoms with Gasteiger partial charge < -0.3 is 15.3 Å². The zero-order chi connectivity index (χ0) is 14.7. The number of nitrogens with zero attached hydrogens (tertiary/aromatic N) is 1. The molecule has 5 nitrogen and oxygen atoms in total. The van der Waals surface area contributed by atoms with Crippen molar-refractivity contribution in [3.63, 3.8) is 0 Å². The molecule has 1 aliphatic rings. The number of benzene rings is 1. The number of Topliss-reactive ketones (excluding diaryl/α,β-unsaturated/α-hetero) is 1. The average Bonchev–Trinajstić information content (AvgIpc) is 2.42. The molecule has 2 unspecified atom stereocenters. The molecular weight excluding hydrogens is 256 g/mol. The number of piperidine rings is 1. The van der Waals surface area contributed by atoms with E-state index in [1.165, 1.54) is 6.92 Å². The maximum Gasteiger partial charge on any atom is 0.321 e. The lowest BCUT2D eigenvalue weighted by Gasteiger charge is -2.34. The summed E-state index contributed by atoms with van der Waals surface area (Å²) in [7, 11) is 0. The number of ketones is 1. The van der Waals surface area contributed by atoms with E-state index in [9.17, 15) is 14.7 Å². The highest BCUT2D eigenvalue weighted by molar-refractivity contribution is 5.96. The molecule has 2 atom stereocenters. The largest absolute Gasteiger partial charge is 0.391 e. The minimum atomic E-state index is -0.474. The van der Waals surface area contributed by atoms with Gasteiger partial charge in [-0.2, -0.15) is 0 Å². The van der Waals surface area contributed by atoms with Crippen molar-refractivity contribution < 1.29 is 14.7 Å². The summed E-state index contributed by atoms with van der Waals surface area (Å²) in [4.78, 5) is 25.0. The number of anilines is 1. The Kier molecular flexibility index (Phi) is 4.39. The normalized spacial score (nSPS) is 22.4. The molecule has 2 rings (SSSR count). The molecule has 5 heteroatoms. The Morgan fingerprint density at radius 3 is 2.80 bits per heavy atom. The topological polar surface area (TPSA) is 69.6 Å². The van der Waals surface area contributed by atoms with E-state index in [1.54, 1.807) is 29.2 Å². The van der Waals surface area contributed by atoms with Crippen LogP contribution in [0.2, 0.25) is 0 Å². The standard InChI is InChI=1S/C15H20N2O3/c1-10-6-7-17(9-14(10)19)15(20)16-13-5-3-4-12(8-13)11(2)18/h3-5,8,10,14,19H,6-7,9H2,1-2H3,(H,16,20). The Morgan fingerprint density at radius 1 is 1.40 bits per heavy atom. The number of nitrogens with one attached hydrogen (secondary N) is 1.